The van der Waals surface area contributed by atoms with E-state index in [1.807, 2.05) is 25.7 Å². The lowest BCUT2D eigenvalue weighted by atomic mass is 9.69. The maximum Gasteiger partial charge on any atom is 0.410 e. The highest BCUT2D eigenvalue weighted by Gasteiger charge is 2.51. The van der Waals surface area contributed by atoms with Gasteiger partial charge in [-0.05, 0) is 76.9 Å². The van der Waals surface area contributed by atoms with E-state index in [-0.39, 0.29) is 47.8 Å². The Morgan fingerprint density at radius 2 is 1.75 bits per heavy atom. The minimum absolute atomic E-state index is 0.0122. The van der Waals surface area contributed by atoms with Gasteiger partial charge in [-0.25, -0.2) is 4.79 Å². The average molecular weight is 414 g/mol. The summed E-state index contributed by atoms with van der Waals surface area (Å²) in [5.74, 6) is 0.513. The highest BCUT2D eigenvalue weighted by molar-refractivity contribution is 6.74. The van der Waals surface area contributed by atoms with Crippen LogP contribution in [0, 0.1) is 11.8 Å². The second-order valence-electron chi connectivity index (χ2n) is 11.4. The summed E-state index contributed by atoms with van der Waals surface area (Å²) in [5.41, 5.74) is -0.523. The summed E-state index contributed by atoms with van der Waals surface area (Å²) in [6.07, 6.45) is 3.73. The molecule has 5 atom stereocenters. The zero-order valence-electron chi connectivity index (χ0n) is 19.5. The zero-order chi connectivity index (χ0) is 21.5. The molecule has 1 saturated heterocycles. The number of carbonyl (C=O) groups is 1. The molecule has 5 nitrogen and oxygen atoms in total. The fraction of sp³-hybridized carbons (Fsp3) is 0.955. The second-order valence-corrected chi connectivity index (χ2v) is 16.1. The van der Waals surface area contributed by atoms with Crippen molar-refractivity contribution in [1.29, 1.82) is 0 Å². The van der Waals surface area contributed by atoms with Crippen LogP contribution >= 0.6 is 0 Å². The van der Waals surface area contributed by atoms with Gasteiger partial charge in [-0.2, -0.15) is 0 Å². The average Bonchev–Trinajstić information content (AvgIpc) is 2.52. The summed E-state index contributed by atoms with van der Waals surface area (Å²) in [6, 6.07) is 0.109. The molecule has 1 heterocycles. The first-order valence-electron chi connectivity index (χ1n) is 11.0. The maximum absolute atomic E-state index is 13.2. The molecule has 1 saturated carbocycles. The van der Waals surface area contributed by atoms with Gasteiger partial charge in [-0.3, -0.25) is 4.90 Å². The van der Waals surface area contributed by atoms with E-state index >= 15 is 0 Å². The minimum atomic E-state index is -1.98. The molecule has 0 aromatic carbocycles. The summed E-state index contributed by atoms with van der Waals surface area (Å²) in [5, 5.41) is 10.1. The van der Waals surface area contributed by atoms with Crippen LogP contribution in [0.25, 0.3) is 0 Å². The van der Waals surface area contributed by atoms with Gasteiger partial charge < -0.3 is 14.3 Å². The van der Waals surface area contributed by atoms with Gasteiger partial charge in [0.2, 0.25) is 0 Å². The highest BCUT2D eigenvalue weighted by Crippen LogP contribution is 2.45. The highest BCUT2D eigenvalue weighted by atomic mass is 28.4. The summed E-state index contributed by atoms with van der Waals surface area (Å²) in [7, 11) is -1.98. The van der Waals surface area contributed by atoms with Crippen LogP contribution in [0.5, 0.6) is 0 Å². The number of amides is 1. The first-order valence-corrected chi connectivity index (χ1v) is 13.9. The standard InChI is InChI=1S/C22H43NO4Si/c1-15-19(27-28(8,9)22(5,6)7)13-17-16(14-24)11-10-12-18(17)23(15)20(25)26-21(2,3)4/h15-19,24H,10-14H2,1-9H3/t15-,16-,17-,18+,19-/m0/s1. The molecule has 2 fully saturated rings. The number of piperidine rings is 1. The van der Waals surface area contributed by atoms with Gasteiger partial charge in [-0.15, -0.1) is 0 Å². The maximum atomic E-state index is 13.2. The first-order chi connectivity index (χ1) is 12.7. The number of aliphatic hydroxyl groups excluding tert-OH is 1. The van der Waals surface area contributed by atoms with Crippen LogP contribution in [0.3, 0.4) is 0 Å². The minimum Gasteiger partial charge on any atom is -0.444 e. The monoisotopic (exact) mass is 413 g/mol. The smallest absolute Gasteiger partial charge is 0.410 e. The Morgan fingerprint density at radius 1 is 1.14 bits per heavy atom. The number of carbonyl (C=O) groups excluding carboxylic acids is 1. The quantitative estimate of drug-likeness (QED) is 0.647. The number of rotatable bonds is 3. The molecule has 0 spiro atoms. The van der Waals surface area contributed by atoms with E-state index in [0.717, 1.165) is 25.7 Å². The molecule has 0 unspecified atom stereocenters. The number of ether oxygens (including phenoxy) is 1. The van der Waals surface area contributed by atoms with Crippen LogP contribution in [0.2, 0.25) is 18.1 Å². The summed E-state index contributed by atoms with van der Waals surface area (Å²) >= 11 is 0. The van der Waals surface area contributed by atoms with Crippen molar-refractivity contribution in [3.8, 4) is 0 Å². The van der Waals surface area contributed by atoms with Crippen LogP contribution in [-0.4, -0.2) is 54.8 Å². The molecule has 1 aliphatic heterocycles. The number of aliphatic hydroxyl groups is 1. The summed E-state index contributed by atoms with van der Waals surface area (Å²) < 4.78 is 12.6. The van der Waals surface area contributed by atoms with Crippen LogP contribution in [-0.2, 0) is 9.16 Å². The largest absolute Gasteiger partial charge is 0.444 e. The van der Waals surface area contributed by atoms with Crippen molar-refractivity contribution in [1.82, 2.24) is 4.90 Å². The molecule has 0 radical (unpaired) electrons. The van der Waals surface area contributed by atoms with Crippen molar-refractivity contribution < 1.29 is 19.1 Å². The summed E-state index contributed by atoms with van der Waals surface area (Å²) in [4.78, 5) is 15.1. The molecule has 1 amide bonds. The Balaban J connectivity index is 2.34. The van der Waals surface area contributed by atoms with E-state index in [1.54, 1.807) is 0 Å². The zero-order valence-corrected chi connectivity index (χ0v) is 20.5. The van der Waals surface area contributed by atoms with Gasteiger partial charge in [0.05, 0.1) is 12.1 Å². The van der Waals surface area contributed by atoms with Gasteiger partial charge >= 0.3 is 6.09 Å². The van der Waals surface area contributed by atoms with Crippen molar-refractivity contribution in [2.75, 3.05) is 6.61 Å². The molecule has 0 bridgehead atoms. The fourth-order valence-electron chi connectivity index (χ4n) is 4.52. The molecule has 164 valence electrons. The molecule has 0 aromatic rings. The fourth-order valence-corrected chi connectivity index (χ4v) is 5.92. The van der Waals surface area contributed by atoms with Crippen molar-refractivity contribution in [2.24, 2.45) is 11.8 Å². The Labute approximate surface area is 173 Å². The number of hydrogen-bond acceptors (Lipinski definition) is 4. The SMILES string of the molecule is C[C@H]1[C@@H](O[Si](C)(C)C(C)(C)C)C[C@H]2[C@H](CO)CCC[C@H]2N1C(=O)OC(C)(C)C. The van der Waals surface area contributed by atoms with Crippen molar-refractivity contribution in [2.45, 2.75) is 116 Å². The Hall–Kier alpha value is -0.593. The normalized spacial score (nSPS) is 32.1. The third kappa shape index (κ3) is 5.11. The van der Waals surface area contributed by atoms with Crippen LogP contribution in [0.4, 0.5) is 4.79 Å². The predicted molar refractivity (Wildman–Crippen MR) is 116 cm³/mol. The van der Waals surface area contributed by atoms with E-state index < -0.39 is 13.9 Å². The van der Waals surface area contributed by atoms with Crippen molar-refractivity contribution in [3.05, 3.63) is 0 Å². The molecule has 2 aliphatic rings. The third-order valence-corrected chi connectivity index (χ3v) is 11.6. The van der Waals surface area contributed by atoms with E-state index in [9.17, 15) is 9.90 Å². The molecular formula is C22H43NO4Si. The predicted octanol–water partition coefficient (Wildman–Crippen LogP) is 5.18. The van der Waals surface area contributed by atoms with Gasteiger partial charge in [0.15, 0.2) is 8.32 Å². The number of hydrogen-bond donors (Lipinski definition) is 1. The molecule has 1 N–H and O–H groups in total. The lowest BCUT2D eigenvalue weighted by molar-refractivity contribution is -0.0824. The van der Waals surface area contributed by atoms with E-state index in [0.29, 0.717) is 0 Å². The third-order valence-electron chi connectivity index (χ3n) is 7.10. The van der Waals surface area contributed by atoms with Gasteiger partial charge in [0.1, 0.15) is 5.60 Å². The molecule has 0 aromatic heterocycles. The molecular weight excluding hydrogens is 370 g/mol. The van der Waals surface area contributed by atoms with Crippen molar-refractivity contribution >= 4 is 14.4 Å². The topological polar surface area (TPSA) is 59.0 Å². The number of likely N-dealkylation sites (tertiary alicyclic amines) is 1. The Bertz CT molecular complexity index is 552. The van der Waals surface area contributed by atoms with Gasteiger partial charge in [0, 0.05) is 12.6 Å². The lowest BCUT2D eigenvalue weighted by Crippen LogP contribution is -2.63. The van der Waals surface area contributed by atoms with Crippen LogP contribution in [0.1, 0.15) is 74.1 Å². The van der Waals surface area contributed by atoms with E-state index in [2.05, 4.69) is 40.8 Å². The lowest BCUT2D eigenvalue weighted by Gasteiger charge is -2.54. The van der Waals surface area contributed by atoms with E-state index in [4.69, 9.17) is 9.16 Å². The second kappa shape index (κ2) is 8.27. The number of nitrogens with zero attached hydrogens (tertiary/aromatic N) is 1. The van der Waals surface area contributed by atoms with Gasteiger partial charge in [-0.1, -0.05) is 27.2 Å². The molecule has 28 heavy (non-hydrogen) atoms. The number of fused-ring (bicyclic) bond motifs is 1. The molecule has 2 rings (SSSR count). The Kier molecular flexibility index (Phi) is 6.99. The van der Waals surface area contributed by atoms with Crippen LogP contribution < -0.4 is 0 Å². The molecule has 6 heteroatoms. The van der Waals surface area contributed by atoms with Gasteiger partial charge in [0.25, 0.3) is 0 Å². The van der Waals surface area contributed by atoms with E-state index in [1.165, 1.54) is 0 Å². The Morgan fingerprint density at radius 3 is 2.25 bits per heavy atom. The van der Waals surface area contributed by atoms with Crippen molar-refractivity contribution in [3.63, 3.8) is 0 Å². The first kappa shape index (κ1) is 23.7. The molecule has 1 aliphatic carbocycles. The van der Waals surface area contributed by atoms with Crippen LogP contribution in [0.15, 0.2) is 0 Å². The summed E-state index contributed by atoms with van der Waals surface area (Å²) in [6.45, 7) is 19.3.